The van der Waals surface area contributed by atoms with Crippen LogP contribution in [0.2, 0.25) is 10.0 Å². The highest BCUT2D eigenvalue weighted by molar-refractivity contribution is 7.99. The predicted octanol–water partition coefficient (Wildman–Crippen LogP) is 3.80. The number of aromatic nitrogens is 2. The van der Waals surface area contributed by atoms with Crippen molar-refractivity contribution in [2.75, 3.05) is 5.75 Å². The van der Waals surface area contributed by atoms with Gasteiger partial charge in [0, 0.05) is 11.9 Å². The molecule has 4 nitrogen and oxygen atoms in total. The van der Waals surface area contributed by atoms with E-state index in [0.717, 1.165) is 17.5 Å². The van der Waals surface area contributed by atoms with Crippen LogP contribution in [0.3, 0.4) is 0 Å². The number of hydrogen-bond acceptors (Lipinski definition) is 3. The highest BCUT2D eigenvalue weighted by Gasteiger charge is 2.15. The number of aryl methyl sites for hydroxylation is 1. The second-order valence-corrected chi connectivity index (χ2v) is 5.68. The van der Waals surface area contributed by atoms with Crippen molar-refractivity contribution in [2.24, 2.45) is 0 Å². The van der Waals surface area contributed by atoms with E-state index in [9.17, 15) is 9.18 Å². The predicted molar refractivity (Wildman–Crippen MR) is 76.6 cm³/mol. The van der Waals surface area contributed by atoms with Crippen LogP contribution in [0.15, 0.2) is 23.5 Å². The molecule has 0 spiro atoms. The van der Waals surface area contributed by atoms with E-state index in [-0.39, 0.29) is 15.8 Å². The summed E-state index contributed by atoms with van der Waals surface area (Å²) < 4.78 is 15.1. The van der Waals surface area contributed by atoms with Gasteiger partial charge in [-0.3, -0.25) is 9.36 Å². The van der Waals surface area contributed by atoms with Gasteiger partial charge in [-0.25, -0.2) is 9.37 Å². The van der Waals surface area contributed by atoms with Crippen molar-refractivity contribution in [3.05, 3.63) is 39.9 Å². The summed E-state index contributed by atoms with van der Waals surface area (Å²) >= 11 is 12.6. The molecule has 0 aliphatic heterocycles. The molecule has 0 unspecified atom stereocenters. The van der Waals surface area contributed by atoms with E-state index >= 15 is 0 Å². The highest BCUT2D eigenvalue weighted by atomic mass is 35.5. The standard InChI is InChI=1S/C12H9Cl2FN2O2S/c1-6-4-16-12(20-5-10(18)19)17(6)7-2-8(13)11(15)9(14)3-7/h2-4H,5H2,1H3,(H,18,19). The van der Waals surface area contributed by atoms with Crippen molar-refractivity contribution in [3.63, 3.8) is 0 Å². The number of hydrogen-bond donors (Lipinski definition) is 1. The molecular formula is C12H9Cl2FN2O2S. The summed E-state index contributed by atoms with van der Waals surface area (Å²) in [5, 5.41) is 8.99. The van der Waals surface area contributed by atoms with E-state index in [2.05, 4.69) is 4.98 Å². The molecule has 0 fully saturated rings. The Labute approximate surface area is 128 Å². The molecule has 1 aromatic heterocycles. The summed E-state index contributed by atoms with van der Waals surface area (Å²) in [6.07, 6.45) is 1.59. The summed E-state index contributed by atoms with van der Waals surface area (Å²) in [5.41, 5.74) is 1.29. The smallest absolute Gasteiger partial charge is 0.313 e. The minimum atomic E-state index is -0.947. The normalized spacial score (nSPS) is 10.8. The number of aliphatic carboxylic acids is 1. The van der Waals surface area contributed by atoms with E-state index in [1.807, 2.05) is 0 Å². The van der Waals surface area contributed by atoms with Gasteiger partial charge in [0.25, 0.3) is 0 Å². The van der Waals surface area contributed by atoms with Crippen LogP contribution in [0.25, 0.3) is 5.69 Å². The van der Waals surface area contributed by atoms with Crippen molar-refractivity contribution in [2.45, 2.75) is 12.1 Å². The average Bonchev–Trinajstić information content (AvgIpc) is 2.74. The molecule has 0 aliphatic carbocycles. The van der Waals surface area contributed by atoms with E-state index in [1.54, 1.807) is 17.7 Å². The van der Waals surface area contributed by atoms with Crippen LogP contribution < -0.4 is 0 Å². The monoisotopic (exact) mass is 334 g/mol. The van der Waals surface area contributed by atoms with Gasteiger partial charge in [0.05, 0.1) is 21.5 Å². The van der Waals surface area contributed by atoms with Crippen molar-refractivity contribution < 1.29 is 14.3 Å². The number of thioether (sulfide) groups is 1. The van der Waals surface area contributed by atoms with Crippen LogP contribution in [0.1, 0.15) is 5.69 Å². The number of carboxylic acid groups (broad SMARTS) is 1. The Morgan fingerprint density at radius 1 is 1.45 bits per heavy atom. The number of carbonyl (C=O) groups is 1. The molecule has 8 heteroatoms. The first-order valence-corrected chi connectivity index (χ1v) is 7.18. The SMILES string of the molecule is Cc1cnc(SCC(=O)O)n1-c1cc(Cl)c(F)c(Cl)c1. The van der Waals surface area contributed by atoms with Crippen LogP contribution in [0.4, 0.5) is 4.39 Å². The Balaban J connectivity index is 2.47. The molecule has 0 amide bonds. The van der Waals surface area contributed by atoms with Gasteiger partial charge in [0.2, 0.25) is 0 Å². The number of carboxylic acids is 1. The summed E-state index contributed by atoms with van der Waals surface area (Å²) in [7, 11) is 0. The van der Waals surface area contributed by atoms with Gasteiger partial charge in [-0.2, -0.15) is 0 Å². The molecule has 1 aromatic carbocycles. The third kappa shape index (κ3) is 3.08. The van der Waals surface area contributed by atoms with Crippen molar-refractivity contribution in [1.29, 1.82) is 0 Å². The molecule has 2 aromatic rings. The topological polar surface area (TPSA) is 55.1 Å². The first-order chi connectivity index (χ1) is 9.40. The van der Waals surface area contributed by atoms with Crippen LogP contribution in [0.5, 0.6) is 0 Å². The molecule has 0 radical (unpaired) electrons. The lowest BCUT2D eigenvalue weighted by Crippen LogP contribution is -2.03. The molecule has 0 saturated heterocycles. The molecule has 20 heavy (non-hydrogen) atoms. The minimum absolute atomic E-state index is 0.102. The summed E-state index contributed by atoms with van der Waals surface area (Å²) in [5.74, 6) is -1.76. The van der Waals surface area contributed by atoms with Gasteiger partial charge >= 0.3 is 5.97 Å². The van der Waals surface area contributed by atoms with Crippen molar-refractivity contribution in [1.82, 2.24) is 9.55 Å². The third-order valence-electron chi connectivity index (χ3n) is 2.46. The lowest BCUT2D eigenvalue weighted by molar-refractivity contribution is -0.133. The lowest BCUT2D eigenvalue weighted by atomic mass is 10.3. The Morgan fingerprint density at radius 2 is 2.05 bits per heavy atom. The van der Waals surface area contributed by atoms with Crippen molar-refractivity contribution >= 4 is 40.9 Å². The Bertz CT molecular complexity index is 652. The van der Waals surface area contributed by atoms with Gasteiger partial charge in [-0.15, -0.1) is 0 Å². The number of rotatable bonds is 4. The van der Waals surface area contributed by atoms with Crippen LogP contribution in [0, 0.1) is 12.7 Å². The molecule has 1 heterocycles. The Morgan fingerprint density at radius 3 is 2.60 bits per heavy atom. The molecule has 1 N–H and O–H groups in total. The van der Waals surface area contributed by atoms with E-state index in [1.165, 1.54) is 12.1 Å². The van der Waals surface area contributed by atoms with Crippen LogP contribution >= 0.6 is 35.0 Å². The van der Waals surface area contributed by atoms with Gasteiger partial charge in [0.1, 0.15) is 0 Å². The molecule has 0 atom stereocenters. The first kappa shape index (κ1) is 15.2. The number of benzene rings is 1. The van der Waals surface area contributed by atoms with Gasteiger partial charge in [0.15, 0.2) is 11.0 Å². The molecule has 2 rings (SSSR count). The molecule has 106 valence electrons. The molecule has 0 bridgehead atoms. The zero-order valence-electron chi connectivity index (χ0n) is 10.2. The zero-order valence-corrected chi connectivity index (χ0v) is 12.6. The van der Waals surface area contributed by atoms with Gasteiger partial charge < -0.3 is 5.11 Å². The molecule has 0 saturated carbocycles. The first-order valence-electron chi connectivity index (χ1n) is 5.44. The average molecular weight is 335 g/mol. The second-order valence-electron chi connectivity index (χ2n) is 3.92. The lowest BCUT2D eigenvalue weighted by Gasteiger charge is -2.11. The van der Waals surface area contributed by atoms with Gasteiger partial charge in [-0.1, -0.05) is 35.0 Å². The highest BCUT2D eigenvalue weighted by Crippen LogP contribution is 2.30. The van der Waals surface area contributed by atoms with Gasteiger partial charge in [-0.05, 0) is 19.1 Å². The number of halogens is 3. The zero-order chi connectivity index (χ0) is 14.9. The van der Waals surface area contributed by atoms with E-state index < -0.39 is 11.8 Å². The number of nitrogens with zero attached hydrogens (tertiary/aromatic N) is 2. The maximum atomic E-state index is 13.4. The largest absolute Gasteiger partial charge is 0.481 e. The summed E-state index contributed by atoms with van der Waals surface area (Å²) in [4.78, 5) is 14.8. The second kappa shape index (κ2) is 6.03. The minimum Gasteiger partial charge on any atom is -0.481 e. The van der Waals surface area contributed by atoms with Crippen LogP contribution in [-0.2, 0) is 4.79 Å². The third-order valence-corrected chi connectivity index (χ3v) is 3.94. The maximum absolute atomic E-state index is 13.4. The quantitative estimate of drug-likeness (QED) is 0.682. The Hall–Kier alpha value is -1.24. The summed E-state index contributed by atoms with van der Waals surface area (Å²) in [6, 6.07) is 2.84. The van der Waals surface area contributed by atoms with E-state index in [4.69, 9.17) is 28.3 Å². The van der Waals surface area contributed by atoms with Crippen molar-refractivity contribution in [3.8, 4) is 5.69 Å². The molecule has 0 aliphatic rings. The molecular weight excluding hydrogens is 326 g/mol. The Kier molecular flexibility index (Phi) is 4.57. The maximum Gasteiger partial charge on any atom is 0.313 e. The fourth-order valence-corrected chi connectivity index (χ4v) is 2.86. The number of imidazole rings is 1. The summed E-state index contributed by atoms with van der Waals surface area (Å²) in [6.45, 7) is 1.79. The fraction of sp³-hybridized carbons (Fsp3) is 0.167. The fourth-order valence-electron chi connectivity index (χ4n) is 1.63. The van der Waals surface area contributed by atoms with Crippen LogP contribution in [-0.4, -0.2) is 26.4 Å². The van der Waals surface area contributed by atoms with E-state index in [0.29, 0.717) is 10.8 Å².